The van der Waals surface area contributed by atoms with Crippen LogP contribution in [0.25, 0.3) is 0 Å². The Balaban J connectivity index is 1.98. The van der Waals surface area contributed by atoms with E-state index in [1.54, 1.807) is 0 Å². The molecule has 1 heterocycles. The summed E-state index contributed by atoms with van der Waals surface area (Å²) in [4.78, 5) is 13.6. The number of ether oxygens (including phenoxy) is 1. The summed E-state index contributed by atoms with van der Waals surface area (Å²) in [5, 5.41) is 10.0. The highest BCUT2D eigenvalue weighted by atomic mass is 16.5. The lowest BCUT2D eigenvalue weighted by atomic mass is 9.88. The van der Waals surface area contributed by atoms with Crippen LogP contribution < -0.4 is 0 Å². The molecule has 1 aliphatic carbocycles. The van der Waals surface area contributed by atoms with Crippen molar-refractivity contribution in [2.24, 2.45) is 5.92 Å². The second-order valence-electron chi connectivity index (χ2n) is 5.27. The van der Waals surface area contributed by atoms with E-state index in [1.807, 2.05) is 0 Å². The van der Waals surface area contributed by atoms with Gasteiger partial charge in [0.15, 0.2) is 0 Å². The molecule has 0 amide bonds. The number of carbonyl (C=O) groups excluding carboxylic acids is 1. The van der Waals surface area contributed by atoms with Gasteiger partial charge in [-0.3, -0.25) is 9.69 Å². The first-order chi connectivity index (χ1) is 8.22. The summed E-state index contributed by atoms with van der Waals surface area (Å²) in [6, 6.07) is 0.375. The van der Waals surface area contributed by atoms with Gasteiger partial charge >= 0.3 is 5.97 Å². The zero-order chi connectivity index (χ0) is 12.3. The molecule has 0 aromatic carbocycles. The van der Waals surface area contributed by atoms with Crippen LogP contribution in [0.3, 0.4) is 0 Å². The van der Waals surface area contributed by atoms with Crippen molar-refractivity contribution >= 4 is 5.97 Å². The fourth-order valence-electron chi connectivity index (χ4n) is 3.35. The Bertz CT molecular complexity index is 269. The van der Waals surface area contributed by atoms with E-state index in [4.69, 9.17) is 4.74 Å². The van der Waals surface area contributed by atoms with Gasteiger partial charge in [-0.15, -0.1) is 0 Å². The highest BCUT2D eigenvalue weighted by Gasteiger charge is 2.37. The minimum atomic E-state index is -0.168. The Hall–Kier alpha value is -0.610. The smallest absolute Gasteiger partial charge is 0.319 e. The van der Waals surface area contributed by atoms with Crippen LogP contribution >= 0.6 is 0 Å². The number of carbonyl (C=O) groups is 1. The van der Waals surface area contributed by atoms with E-state index < -0.39 is 0 Å². The normalized spacial score (nSPS) is 34.8. The number of esters is 1. The van der Waals surface area contributed by atoms with Crippen molar-refractivity contribution in [2.75, 3.05) is 20.2 Å². The Morgan fingerprint density at radius 3 is 2.76 bits per heavy atom. The molecule has 3 atom stereocenters. The van der Waals surface area contributed by atoms with E-state index in [9.17, 15) is 9.90 Å². The molecular formula is C13H23NO3. The molecule has 2 fully saturated rings. The van der Waals surface area contributed by atoms with E-state index in [2.05, 4.69) is 4.90 Å². The molecular weight excluding hydrogens is 218 g/mol. The average Bonchev–Trinajstić information content (AvgIpc) is 2.76. The Labute approximate surface area is 103 Å². The predicted molar refractivity (Wildman–Crippen MR) is 64.6 cm³/mol. The molecule has 0 aromatic heterocycles. The molecule has 0 aromatic rings. The van der Waals surface area contributed by atoms with Crippen molar-refractivity contribution in [2.45, 2.75) is 50.7 Å². The molecule has 1 aliphatic heterocycles. The van der Waals surface area contributed by atoms with Gasteiger partial charge in [-0.1, -0.05) is 12.8 Å². The van der Waals surface area contributed by atoms with Crippen LogP contribution in [0.15, 0.2) is 0 Å². The van der Waals surface area contributed by atoms with Crippen LogP contribution in [0.2, 0.25) is 0 Å². The third-order valence-corrected chi connectivity index (χ3v) is 4.25. The maximum atomic E-state index is 11.4. The largest absolute Gasteiger partial charge is 0.468 e. The number of hydrogen-bond acceptors (Lipinski definition) is 4. The van der Waals surface area contributed by atoms with Crippen molar-refractivity contribution in [1.82, 2.24) is 4.90 Å². The summed E-state index contributed by atoms with van der Waals surface area (Å²) in [6.07, 6.45) is 6.45. The van der Waals surface area contributed by atoms with Crippen molar-refractivity contribution in [3.8, 4) is 0 Å². The molecule has 0 bridgehead atoms. The van der Waals surface area contributed by atoms with Crippen molar-refractivity contribution in [3.63, 3.8) is 0 Å². The maximum Gasteiger partial charge on any atom is 0.319 e. The molecule has 0 spiro atoms. The van der Waals surface area contributed by atoms with E-state index >= 15 is 0 Å². The highest BCUT2D eigenvalue weighted by molar-refractivity contribution is 5.71. The topological polar surface area (TPSA) is 49.8 Å². The van der Waals surface area contributed by atoms with Gasteiger partial charge in [0, 0.05) is 12.0 Å². The number of rotatable bonds is 3. The monoisotopic (exact) mass is 241 g/mol. The Morgan fingerprint density at radius 1 is 1.29 bits per heavy atom. The summed E-state index contributed by atoms with van der Waals surface area (Å²) < 4.78 is 4.75. The van der Waals surface area contributed by atoms with E-state index in [1.165, 1.54) is 13.5 Å². The van der Waals surface area contributed by atoms with Crippen LogP contribution in [0.5, 0.6) is 0 Å². The lowest BCUT2D eigenvalue weighted by molar-refractivity contribution is -0.143. The van der Waals surface area contributed by atoms with Gasteiger partial charge in [0.1, 0.15) is 0 Å². The highest BCUT2D eigenvalue weighted by Crippen LogP contribution is 2.34. The quantitative estimate of drug-likeness (QED) is 0.754. The molecule has 0 radical (unpaired) electrons. The molecule has 2 aliphatic rings. The van der Waals surface area contributed by atoms with E-state index in [0.717, 1.165) is 38.6 Å². The van der Waals surface area contributed by atoms with Crippen LogP contribution in [-0.2, 0) is 9.53 Å². The van der Waals surface area contributed by atoms with E-state index in [-0.39, 0.29) is 12.1 Å². The standard InChI is InChI=1S/C13H23NO3/c1-17-13(16)9-14-8-3-2-6-11(14)10-5-4-7-12(10)15/h10-12,15H,2-9H2,1H3. The molecule has 4 nitrogen and oxygen atoms in total. The minimum absolute atomic E-state index is 0.163. The van der Waals surface area contributed by atoms with Gasteiger partial charge in [0.2, 0.25) is 0 Å². The summed E-state index contributed by atoms with van der Waals surface area (Å²) in [5.74, 6) is 0.198. The third kappa shape index (κ3) is 2.99. The molecule has 1 saturated carbocycles. The van der Waals surface area contributed by atoms with Crippen molar-refractivity contribution in [3.05, 3.63) is 0 Å². The van der Waals surface area contributed by atoms with Gasteiger partial charge in [-0.25, -0.2) is 0 Å². The predicted octanol–water partition coefficient (Wildman–Crippen LogP) is 1.17. The lowest BCUT2D eigenvalue weighted by Crippen LogP contribution is -2.48. The van der Waals surface area contributed by atoms with Crippen molar-refractivity contribution in [1.29, 1.82) is 0 Å². The maximum absolute atomic E-state index is 11.4. The SMILES string of the molecule is COC(=O)CN1CCCCC1C1CCCC1O. The number of piperidine rings is 1. The summed E-state index contributed by atoms with van der Waals surface area (Å²) in [5.41, 5.74) is 0. The van der Waals surface area contributed by atoms with Gasteiger partial charge in [0.05, 0.1) is 19.8 Å². The molecule has 2 rings (SSSR count). The number of aliphatic hydroxyl groups excluding tert-OH is 1. The van der Waals surface area contributed by atoms with Gasteiger partial charge in [-0.05, 0) is 32.2 Å². The first kappa shape index (κ1) is 12.8. The average molecular weight is 241 g/mol. The van der Waals surface area contributed by atoms with Crippen LogP contribution in [-0.4, -0.2) is 48.3 Å². The van der Waals surface area contributed by atoms with Gasteiger partial charge in [0.25, 0.3) is 0 Å². The van der Waals surface area contributed by atoms with E-state index in [0.29, 0.717) is 18.5 Å². The van der Waals surface area contributed by atoms with Crippen LogP contribution in [0.1, 0.15) is 38.5 Å². The molecule has 17 heavy (non-hydrogen) atoms. The Morgan fingerprint density at radius 2 is 2.12 bits per heavy atom. The third-order valence-electron chi connectivity index (χ3n) is 4.25. The summed E-state index contributed by atoms with van der Waals surface area (Å²) >= 11 is 0. The number of aliphatic hydroxyl groups is 1. The summed E-state index contributed by atoms with van der Waals surface area (Å²) in [6.45, 7) is 1.34. The molecule has 4 heteroatoms. The summed E-state index contributed by atoms with van der Waals surface area (Å²) in [7, 11) is 1.44. The first-order valence-electron chi connectivity index (χ1n) is 6.71. The number of methoxy groups -OCH3 is 1. The number of nitrogens with zero attached hydrogens (tertiary/aromatic N) is 1. The minimum Gasteiger partial charge on any atom is -0.468 e. The lowest BCUT2D eigenvalue weighted by Gasteiger charge is -2.39. The second kappa shape index (κ2) is 5.83. The van der Waals surface area contributed by atoms with Crippen LogP contribution in [0.4, 0.5) is 0 Å². The number of hydrogen-bond donors (Lipinski definition) is 1. The number of likely N-dealkylation sites (tertiary alicyclic amines) is 1. The zero-order valence-corrected chi connectivity index (χ0v) is 10.6. The zero-order valence-electron chi connectivity index (χ0n) is 10.6. The fourth-order valence-corrected chi connectivity index (χ4v) is 3.35. The first-order valence-corrected chi connectivity index (χ1v) is 6.71. The van der Waals surface area contributed by atoms with Crippen LogP contribution in [0, 0.1) is 5.92 Å². The van der Waals surface area contributed by atoms with Gasteiger partial charge < -0.3 is 9.84 Å². The molecule has 1 saturated heterocycles. The van der Waals surface area contributed by atoms with Gasteiger partial charge in [-0.2, -0.15) is 0 Å². The Kier molecular flexibility index (Phi) is 4.40. The van der Waals surface area contributed by atoms with Crippen molar-refractivity contribution < 1.29 is 14.6 Å². The molecule has 1 N–H and O–H groups in total. The fraction of sp³-hybridized carbons (Fsp3) is 0.923. The molecule has 3 unspecified atom stereocenters. The second-order valence-corrected chi connectivity index (χ2v) is 5.27. The molecule has 98 valence electrons.